The van der Waals surface area contributed by atoms with Gasteiger partial charge in [-0.15, -0.1) is 0 Å². The topological polar surface area (TPSA) is 42.6 Å². The van der Waals surface area contributed by atoms with Crippen molar-refractivity contribution in [3.8, 4) is 0 Å². The average molecular weight is 318 g/mol. The normalized spacial score (nSPS) is 11.3. The molecule has 1 heterocycles. The van der Waals surface area contributed by atoms with Gasteiger partial charge in [-0.25, -0.2) is 0 Å². The Morgan fingerprint density at radius 2 is 1.86 bits per heavy atom. The standard InChI is InChI=1S/C16H9Cl2NO2/c17-12-5-3-6-13(15(12)18)19-8-10-9-21-14-7-2-1-4-11(14)16(10)20/h1-9H. The van der Waals surface area contributed by atoms with Crippen molar-refractivity contribution in [1.82, 2.24) is 0 Å². The zero-order valence-corrected chi connectivity index (χ0v) is 12.2. The molecule has 21 heavy (non-hydrogen) atoms. The fourth-order valence-electron chi connectivity index (χ4n) is 1.91. The number of nitrogens with zero attached hydrogens (tertiary/aromatic N) is 1. The Bertz CT molecular complexity index is 900. The fourth-order valence-corrected chi connectivity index (χ4v) is 2.26. The second kappa shape index (κ2) is 5.72. The van der Waals surface area contributed by atoms with Crippen LogP contribution in [-0.4, -0.2) is 6.21 Å². The summed E-state index contributed by atoms with van der Waals surface area (Å²) in [6, 6.07) is 12.2. The predicted molar refractivity (Wildman–Crippen MR) is 86.2 cm³/mol. The first kappa shape index (κ1) is 13.9. The molecule has 2 aromatic carbocycles. The van der Waals surface area contributed by atoms with Crippen molar-refractivity contribution >= 4 is 46.1 Å². The zero-order chi connectivity index (χ0) is 14.8. The van der Waals surface area contributed by atoms with Crippen LogP contribution in [0.4, 0.5) is 5.69 Å². The van der Waals surface area contributed by atoms with E-state index in [0.29, 0.717) is 32.3 Å². The molecule has 0 aliphatic carbocycles. The van der Waals surface area contributed by atoms with Gasteiger partial charge >= 0.3 is 0 Å². The lowest BCUT2D eigenvalue weighted by molar-refractivity contribution is 0.601. The minimum Gasteiger partial charge on any atom is -0.463 e. The molecule has 0 radical (unpaired) electrons. The molecule has 3 nitrogen and oxygen atoms in total. The number of fused-ring (bicyclic) bond motifs is 1. The molecule has 0 N–H and O–H groups in total. The third-order valence-corrected chi connectivity index (χ3v) is 3.79. The number of hydrogen-bond donors (Lipinski definition) is 0. The van der Waals surface area contributed by atoms with Crippen molar-refractivity contribution in [3.05, 3.63) is 74.6 Å². The highest BCUT2D eigenvalue weighted by atomic mass is 35.5. The molecule has 1 aromatic heterocycles. The summed E-state index contributed by atoms with van der Waals surface area (Å²) >= 11 is 12.0. The Hall–Kier alpha value is -2.10. The molecule has 0 aliphatic heterocycles. The summed E-state index contributed by atoms with van der Waals surface area (Å²) in [5.41, 5.74) is 1.25. The summed E-state index contributed by atoms with van der Waals surface area (Å²) < 4.78 is 5.42. The number of aliphatic imine (C=N–C) groups is 1. The Kier molecular flexibility index (Phi) is 3.78. The van der Waals surface area contributed by atoms with E-state index in [1.54, 1.807) is 36.4 Å². The van der Waals surface area contributed by atoms with E-state index in [1.807, 2.05) is 6.07 Å². The zero-order valence-electron chi connectivity index (χ0n) is 10.7. The second-order valence-electron chi connectivity index (χ2n) is 4.35. The molecule has 0 bridgehead atoms. The first-order valence-electron chi connectivity index (χ1n) is 6.15. The van der Waals surface area contributed by atoms with E-state index in [4.69, 9.17) is 27.6 Å². The smallest absolute Gasteiger partial charge is 0.201 e. The quantitative estimate of drug-likeness (QED) is 0.634. The van der Waals surface area contributed by atoms with Crippen LogP contribution in [0.15, 0.2) is 62.9 Å². The maximum Gasteiger partial charge on any atom is 0.201 e. The van der Waals surface area contributed by atoms with Gasteiger partial charge in [-0.3, -0.25) is 9.79 Å². The maximum absolute atomic E-state index is 12.3. The molecular formula is C16H9Cl2NO2. The van der Waals surface area contributed by atoms with Gasteiger partial charge in [-0.05, 0) is 24.3 Å². The van der Waals surface area contributed by atoms with Crippen LogP contribution in [-0.2, 0) is 0 Å². The van der Waals surface area contributed by atoms with E-state index in [0.717, 1.165) is 0 Å². The Morgan fingerprint density at radius 3 is 2.71 bits per heavy atom. The van der Waals surface area contributed by atoms with Crippen LogP contribution in [0.3, 0.4) is 0 Å². The van der Waals surface area contributed by atoms with E-state index in [-0.39, 0.29) is 5.43 Å². The van der Waals surface area contributed by atoms with Gasteiger partial charge in [0.25, 0.3) is 0 Å². The van der Waals surface area contributed by atoms with Gasteiger partial charge < -0.3 is 4.42 Å². The molecule has 0 aliphatic rings. The third kappa shape index (κ3) is 2.71. The first-order chi connectivity index (χ1) is 10.2. The van der Waals surface area contributed by atoms with Crippen molar-refractivity contribution in [2.24, 2.45) is 4.99 Å². The Morgan fingerprint density at radius 1 is 1.05 bits per heavy atom. The van der Waals surface area contributed by atoms with Gasteiger partial charge in [0.15, 0.2) is 0 Å². The molecule has 0 unspecified atom stereocenters. The Balaban J connectivity index is 2.06. The number of para-hydroxylation sites is 1. The summed E-state index contributed by atoms with van der Waals surface area (Å²) in [5.74, 6) is 0. The molecule has 104 valence electrons. The van der Waals surface area contributed by atoms with E-state index in [1.165, 1.54) is 12.5 Å². The predicted octanol–water partition coefficient (Wildman–Crippen LogP) is 4.85. The molecule has 0 amide bonds. The number of halogens is 2. The highest BCUT2D eigenvalue weighted by molar-refractivity contribution is 6.43. The Labute approximate surface area is 130 Å². The largest absolute Gasteiger partial charge is 0.463 e. The number of hydrogen-bond acceptors (Lipinski definition) is 3. The van der Waals surface area contributed by atoms with Gasteiger partial charge in [0.2, 0.25) is 5.43 Å². The fraction of sp³-hybridized carbons (Fsp3) is 0. The monoisotopic (exact) mass is 317 g/mol. The third-order valence-electron chi connectivity index (χ3n) is 2.98. The SMILES string of the molecule is O=c1c(C=Nc2cccc(Cl)c2Cl)coc2ccccc12. The highest BCUT2D eigenvalue weighted by Crippen LogP contribution is 2.31. The van der Waals surface area contributed by atoms with Gasteiger partial charge in [0, 0.05) is 6.21 Å². The molecular weight excluding hydrogens is 309 g/mol. The average Bonchev–Trinajstić information content (AvgIpc) is 2.51. The van der Waals surface area contributed by atoms with Gasteiger partial charge in [0.05, 0.1) is 26.7 Å². The second-order valence-corrected chi connectivity index (χ2v) is 5.13. The highest BCUT2D eigenvalue weighted by Gasteiger charge is 2.05. The summed E-state index contributed by atoms with van der Waals surface area (Å²) in [4.78, 5) is 16.5. The van der Waals surface area contributed by atoms with Crippen molar-refractivity contribution in [1.29, 1.82) is 0 Å². The lowest BCUT2D eigenvalue weighted by Gasteiger charge is -2.00. The van der Waals surface area contributed by atoms with Crippen LogP contribution < -0.4 is 5.43 Å². The molecule has 5 heteroatoms. The van der Waals surface area contributed by atoms with Crippen molar-refractivity contribution in [2.45, 2.75) is 0 Å². The molecule has 3 aromatic rings. The van der Waals surface area contributed by atoms with E-state index < -0.39 is 0 Å². The summed E-state index contributed by atoms with van der Waals surface area (Å²) in [6.07, 6.45) is 2.81. The van der Waals surface area contributed by atoms with Crippen LogP contribution in [0.5, 0.6) is 0 Å². The molecule has 0 fully saturated rings. The molecule has 0 saturated heterocycles. The van der Waals surface area contributed by atoms with Crippen molar-refractivity contribution in [3.63, 3.8) is 0 Å². The summed E-state index contributed by atoms with van der Waals surface area (Å²) in [7, 11) is 0. The first-order valence-corrected chi connectivity index (χ1v) is 6.91. The number of benzene rings is 2. The van der Waals surface area contributed by atoms with Crippen LogP contribution in [0.2, 0.25) is 10.0 Å². The summed E-state index contributed by atoms with van der Waals surface area (Å²) in [6.45, 7) is 0. The van der Waals surface area contributed by atoms with Crippen molar-refractivity contribution in [2.75, 3.05) is 0 Å². The van der Waals surface area contributed by atoms with Crippen molar-refractivity contribution < 1.29 is 4.42 Å². The van der Waals surface area contributed by atoms with Crippen LogP contribution >= 0.6 is 23.2 Å². The van der Waals surface area contributed by atoms with Gasteiger partial charge in [0.1, 0.15) is 11.8 Å². The van der Waals surface area contributed by atoms with Crippen LogP contribution in [0.25, 0.3) is 11.0 Å². The van der Waals surface area contributed by atoms with Gasteiger partial charge in [-0.2, -0.15) is 0 Å². The van der Waals surface area contributed by atoms with Crippen LogP contribution in [0.1, 0.15) is 5.56 Å². The van der Waals surface area contributed by atoms with Gasteiger partial charge in [-0.1, -0.05) is 41.4 Å². The lowest BCUT2D eigenvalue weighted by atomic mass is 10.2. The van der Waals surface area contributed by atoms with E-state index in [2.05, 4.69) is 4.99 Å². The van der Waals surface area contributed by atoms with E-state index in [9.17, 15) is 4.79 Å². The lowest BCUT2D eigenvalue weighted by Crippen LogP contribution is -2.07. The maximum atomic E-state index is 12.3. The molecule has 0 spiro atoms. The molecule has 0 saturated carbocycles. The minimum atomic E-state index is -0.140. The molecule has 0 atom stereocenters. The molecule has 3 rings (SSSR count). The summed E-state index contributed by atoms with van der Waals surface area (Å²) in [5, 5.41) is 1.27. The minimum absolute atomic E-state index is 0.140. The van der Waals surface area contributed by atoms with Crippen LogP contribution in [0, 0.1) is 0 Å². The number of rotatable bonds is 2. The van der Waals surface area contributed by atoms with E-state index >= 15 is 0 Å².